The molecule has 0 bridgehead atoms. The summed E-state index contributed by atoms with van der Waals surface area (Å²) in [6, 6.07) is 14.6. The van der Waals surface area contributed by atoms with E-state index in [2.05, 4.69) is 15.2 Å². The SMILES string of the molecule is CN(Cc1cc(Oc2ccc(N3CCC(NC(=O)OC(C)(C)C)CC3)nc2)cc(-c2cc(Cl)cc(Cl)c2)c1)C(=O)O. The Hall–Kier alpha value is -3.69. The third-order valence-electron chi connectivity index (χ3n) is 6.40. The lowest BCUT2D eigenvalue weighted by Gasteiger charge is -2.33. The average Bonchev–Trinajstić information content (AvgIpc) is 2.88. The van der Waals surface area contributed by atoms with Crippen LogP contribution in [0.25, 0.3) is 11.1 Å². The van der Waals surface area contributed by atoms with Crippen molar-refractivity contribution in [3.05, 3.63) is 70.3 Å². The molecule has 2 N–H and O–H groups in total. The smallest absolute Gasteiger partial charge is 0.407 e. The molecule has 41 heavy (non-hydrogen) atoms. The molecule has 0 radical (unpaired) electrons. The Morgan fingerprint density at radius 1 is 1.02 bits per heavy atom. The number of nitrogens with one attached hydrogen (secondary N) is 1. The number of benzene rings is 2. The first-order valence-electron chi connectivity index (χ1n) is 13.3. The summed E-state index contributed by atoms with van der Waals surface area (Å²) in [7, 11) is 1.50. The molecule has 0 spiro atoms. The number of aromatic nitrogens is 1. The van der Waals surface area contributed by atoms with Gasteiger partial charge in [0.05, 0.1) is 6.20 Å². The number of hydrogen-bond acceptors (Lipinski definition) is 6. The van der Waals surface area contributed by atoms with Crippen molar-refractivity contribution < 1.29 is 24.2 Å². The molecule has 1 aromatic heterocycles. The first-order valence-corrected chi connectivity index (χ1v) is 14.0. The summed E-state index contributed by atoms with van der Waals surface area (Å²) in [5, 5.41) is 13.3. The van der Waals surface area contributed by atoms with Crippen molar-refractivity contribution in [2.45, 2.75) is 51.8 Å². The summed E-state index contributed by atoms with van der Waals surface area (Å²) in [4.78, 5) is 31.5. The number of alkyl carbamates (subject to hydrolysis) is 1. The van der Waals surface area contributed by atoms with Crippen molar-refractivity contribution in [2.24, 2.45) is 0 Å². The van der Waals surface area contributed by atoms with E-state index in [9.17, 15) is 14.7 Å². The highest BCUT2D eigenvalue weighted by Gasteiger charge is 2.24. The minimum absolute atomic E-state index is 0.0553. The number of pyridine rings is 1. The standard InChI is InChI=1S/C30H34Cl2N4O5/c1-30(2,3)41-28(37)34-24-7-9-36(10-8-24)27-6-5-25(17-33-27)40-26-12-19(18-35(4)29(38)39)11-20(15-26)21-13-22(31)16-23(32)14-21/h5-6,11-17,24H,7-10,18H2,1-4H3,(H,34,37)(H,38,39). The number of rotatable bonds is 7. The van der Waals surface area contributed by atoms with Crippen LogP contribution in [0.2, 0.25) is 10.0 Å². The van der Waals surface area contributed by atoms with Gasteiger partial charge in [-0.3, -0.25) is 0 Å². The van der Waals surface area contributed by atoms with Gasteiger partial charge in [0.1, 0.15) is 22.9 Å². The molecule has 218 valence electrons. The van der Waals surface area contributed by atoms with Crippen molar-refractivity contribution in [1.29, 1.82) is 0 Å². The highest BCUT2D eigenvalue weighted by molar-refractivity contribution is 6.35. The summed E-state index contributed by atoms with van der Waals surface area (Å²) in [5.41, 5.74) is 1.78. The van der Waals surface area contributed by atoms with Crippen LogP contribution < -0.4 is 15.0 Å². The molecule has 1 saturated heterocycles. The fourth-order valence-corrected chi connectivity index (χ4v) is 5.05. The van der Waals surface area contributed by atoms with E-state index in [1.54, 1.807) is 30.5 Å². The maximum absolute atomic E-state index is 12.1. The minimum atomic E-state index is -1.03. The van der Waals surface area contributed by atoms with E-state index < -0.39 is 17.8 Å². The first-order chi connectivity index (χ1) is 19.3. The van der Waals surface area contributed by atoms with Gasteiger partial charge in [-0.2, -0.15) is 0 Å². The third kappa shape index (κ3) is 8.90. The van der Waals surface area contributed by atoms with Gasteiger partial charge in [0.2, 0.25) is 0 Å². The molecule has 1 aliphatic rings. The van der Waals surface area contributed by atoms with Gasteiger partial charge in [-0.25, -0.2) is 14.6 Å². The molecule has 2 amide bonds. The molecule has 0 atom stereocenters. The van der Waals surface area contributed by atoms with Gasteiger partial charge in [-0.05, 0) is 98.8 Å². The lowest BCUT2D eigenvalue weighted by Crippen LogP contribution is -2.46. The second-order valence-corrected chi connectivity index (χ2v) is 11.9. The fraction of sp³-hybridized carbons (Fsp3) is 0.367. The maximum Gasteiger partial charge on any atom is 0.407 e. The first kappa shape index (κ1) is 30.3. The second-order valence-electron chi connectivity index (χ2n) is 11.0. The van der Waals surface area contributed by atoms with E-state index >= 15 is 0 Å². The molecule has 1 aliphatic heterocycles. The number of carbonyl (C=O) groups excluding carboxylic acids is 1. The van der Waals surface area contributed by atoms with Gasteiger partial charge in [0, 0.05) is 42.8 Å². The van der Waals surface area contributed by atoms with Gasteiger partial charge in [0.15, 0.2) is 0 Å². The van der Waals surface area contributed by atoms with Gasteiger partial charge in [-0.1, -0.05) is 23.2 Å². The Balaban J connectivity index is 1.45. The quantitative estimate of drug-likeness (QED) is 0.290. The normalized spacial score (nSPS) is 14.0. The lowest BCUT2D eigenvalue weighted by molar-refractivity contribution is 0.0497. The van der Waals surface area contributed by atoms with Crippen LogP contribution in [0.5, 0.6) is 11.5 Å². The Bertz CT molecular complexity index is 1370. The summed E-state index contributed by atoms with van der Waals surface area (Å²) >= 11 is 12.5. The fourth-order valence-electron chi connectivity index (χ4n) is 4.52. The van der Waals surface area contributed by atoms with E-state index in [4.69, 9.17) is 32.7 Å². The monoisotopic (exact) mass is 600 g/mol. The molecule has 4 rings (SSSR count). The Morgan fingerprint density at radius 2 is 1.68 bits per heavy atom. The number of hydrogen-bond donors (Lipinski definition) is 2. The number of nitrogens with zero attached hydrogens (tertiary/aromatic N) is 3. The summed E-state index contributed by atoms with van der Waals surface area (Å²) in [5.74, 6) is 1.88. The molecule has 0 unspecified atom stereocenters. The van der Waals surface area contributed by atoms with Gasteiger partial charge >= 0.3 is 12.2 Å². The van der Waals surface area contributed by atoms with Crippen molar-refractivity contribution >= 4 is 41.2 Å². The van der Waals surface area contributed by atoms with Crippen molar-refractivity contribution in [3.8, 4) is 22.6 Å². The molecule has 1 fully saturated rings. The summed E-state index contributed by atoms with van der Waals surface area (Å²) in [6.45, 7) is 7.20. The molecule has 11 heteroatoms. The van der Waals surface area contributed by atoms with Gasteiger partial charge in [0.25, 0.3) is 0 Å². The van der Waals surface area contributed by atoms with Crippen LogP contribution in [0.3, 0.4) is 0 Å². The Morgan fingerprint density at radius 3 is 2.27 bits per heavy atom. The molecule has 9 nitrogen and oxygen atoms in total. The van der Waals surface area contributed by atoms with Crippen LogP contribution in [0.1, 0.15) is 39.2 Å². The van der Waals surface area contributed by atoms with E-state index in [1.165, 1.54) is 11.9 Å². The number of carbonyl (C=O) groups is 2. The topological polar surface area (TPSA) is 104 Å². The molecule has 3 aromatic rings. The largest absolute Gasteiger partial charge is 0.465 e. The molecule has 2 heterocycles. The minimum Gasteiger partial charge on any atom is -0.465 e. The Labute approximate surface area is 250 Å². The van der Waals surface area contributed by atoms with E-state index in [1.807, 2.05) is 45.0 Å². The molecular formula is C30H34Cl2N4O5. The van der Waals surface area contributed by atoms with E-state index in [0.717, 1.165) is 48.4 Å². The predicted octanol–water partition coefficient (Wildman–Crippen LogP) is 7.45. The number of ether oxygens (including phenoxy) is 2. The van der Waals surface area contributed by atoms with Crippen LogP contribution in [0.4, 0.5) is 15.4 Å². The number of piperidine rings is 1. The van der Waals surface area contributed by atoms with Crippen molar-refractivity contribution in [2.75, 3.05) is 25.0 Å². The van der Waals surface area contributed by atoms with Crippen LogP contribution in [-0.2, 0) is 11.3 Å². The molecule has 2 aromatic carbocycles. The second kappa shape index (κ2) is 12.9. The maximum atomic E-state index is 12.1. The van der Waals surface area contributed by atoms with E-state index in [0.29, 0.717) is 21.5 Å². The van der Waals surface area contributed by atoms with Gasteiger partial charge < -0.3 is 29.7 Å². The molecule has 0 saturated carbocycles. The lowest BCUT2D eigenvalue weighted by atomic mass is 10.0. The average molecular weight is 602 g/mol. The van der Waals surface area contributed by atoms with Crippen LogP contribution in [0.15, 0.2) is 54.7 Å². The van der Waals surface area contributed by atoms with Gasteiger partial charge in [-0.15, -0.1) is 0 Å². The summed E-state index contributed by atoms with van der Waals surface area (Å²) < 4.78 is 11.5. The zero-order valence-electron chi connectivity index (χ0n) is 23.5. The van der Waals surface area contributed by atoms with E-state index in [-0.39, 0.29) is 12.6 Å². The predicted molar refractivity (Wildman–Crippen MR) is 160 cm³/mol. The highest BCUT2D eigenvalue weighted by Crippen LogP contribution is 2.33. The zero-order valence-corrected chi connectivity index (χ0v) is 25.0. The van der Waals surface area contributed by atoms with Crippen molar-refractivity contribution in [1.82, 2.24) is 15.2 Å². The number of halogens is 2. The van der Waals surface area contributed by atoms with Crippen LogP contribution >= 0.6 is 23.2 Å². The third-order valence-corrected chi connectivity index (χ3v) is 6.84. The van der Waals surface area contributed by atoms with Crippen molar-refractivity contribution in [3.63, 3.8) is 0 Å². The van der Waals surface area contributed by atoms with Crippen LogP contribution in [0, 0.1) is 0 Å². The number of amides is 2. The highest BCUT2D eigenvalue weighted by atomic mass is 35.5. The zero-order chi connectivity index (χ0) is 29.7. The molecule has 0 aliphatic carbocycles. The number of anilines is 1. The Kier molecular flexibility index (Phi) is 9.50. The summed E-state index contributed by atoms with van der Waals surface area (Å²) in [6.07, 6.45) is 1.80. The number of carboxylic acid groups (broad SMARTS) is 1. The molecular weight excluding hydrogens is 567 g/mol. The van der Waals surface area contributed by atoms with Crippen LogP contribution in [-0.4, -0.2) is 59.0 Å².